The van der Waals surface area contributed by atoms with Gasteiger partial charge in [-0.25, -0.2) is 10.9 Å². The third-order valence-corrected chi connectivity index (χ3v) is 12.7. The van der Waals surface area contributed by atoms with Crippen LogP contribution < -0.4 is 54.6 Å². The molecule has 2 aromatic rings. The summed E-state index contributed by atoms with van der Waals surface area (Å²) in [6.07, 6.45) is -0.894. The second-order valence-corrected chi connectivity index (χ2v) is 19.3. The van der Waals surface area contributed by atoms with Gasteiger partial charge in [0.15, 0.2) is 0 Å². The third-order valence-electron chi connectivity index (χ3n) is 11.7. The molecule has 2 aromatic carbocycles. The first kappa shape index (κ1) is 59.6. The van der Waals surface area contributed by atoms with Crippen LogP contribution in [0.5, 0.6) is 0 Å². The minimum Gasteiger partial charge on any atom is -0.370 e. The summed E-state index contributed by atoms with van der Waals surface area (Å²) >= 11 is 1.28. The number of carbonyl (C=O) groups is 11. The van der Waals surface area contributed by atoms with Crippen LogP contribution in [0.4, 0.5) is 0 Å². The molecular formula is C49H71N11O11S. The molecule has 0 spiro atoms. The van der Waals surface area contributed by atoms with Crippen molar-refractivity contribution >= 4 is 76.5 Å². The molecule has 394 valence electrons. The number of hydrogen-bond donors (Lipinski definition) is 10. The minimum absolute atomic E-state index is 0.0220. The molecule has 1 aliphatic heterocycles. The number of benzene rings is 2. The van der Waals surface area contributed by atoms with E-state index in [0.29, 0.717) is 12.0 Å². The van der Waals surface area contributed by atoms with Crippen molar-refractivity contribution in [2.24, 2.45) is 29.0 Å². The summed E-state index contributed by atoms with van der Waals surface area (Å²) in [5, 5.41) is 13.1. The Morgan fingerprint density at radius 2 is 1.39 bits per heavy atom. The van der Waals surface area contributed by atoms with Gasteiger partial charge >= 0.3 is 0 Å². The molecular weight excluding hydrogens is 951 g/mol. The predicted octanol–water partition coefficient (Wildman–Crippen LogP) is -1.43. The number of nitrogens with two attached hydrogens (primary N) is 3. The molecule has 7 atom stereocenters. The van der Waals surface area contributed by atoms with Crippen molar-refractivity contribution in [3.63, 3.8) is 0 Å². The van der Waals surface area contributed by atoms with E-state index in [-0.39, 0.29) is 56.1 Å². The van der Waals surface area contributed by atoms with Gasteiger partial charge in [0.05, 0.1) is 31.6 Å². The highest BCUT2D eigenvalue weighted by molar-refractivity contribution is 7.99. The van der Waals surface area contributed by atoms with Crippen LogP contribution in [0.2, 0.25) is 0 Å². The van der Waals surface area contributed by atoms with E-state index in [1.807, 2.05) is 32.0 Å². The number of amides is 9. The normalized spacial score (nSPS) is 20.7. The number of primary amides is 3. The standard InChI is InChI=1S/C49H71N11O11S/c1-5-30(4)43-48(70)56-33(16-17-38(50)61)44(66)45(67)35(26-39(51)62)59-58-34(19-22-72-23-20-41(64)54-37(47(69)57-43)25-32-14-10-7-11-15-32)49(71)60(21-18-31-12-8-6-9-13-31)28-42(65)55-36(24-29(2)3)46(68)53-27-40(52)63/h6-15,29-30,33-37,43,58-59H,5,16-28H2,1-4H3,(H2,50,61)(H2,51,62)(H2,52,63)(H,53,68)(H,54,64)(H,55,65)(H,56,70)(H,57,69)/t30-,33-,34-,35-,36-,37-,43-/m0/s1. The number of ketones is 2. The Bertz CT molecular complexity index is 2200. The van der Waals surface area contributed by atoms with E-state index in [9.17, 15) is 52.7 Å². The molecule has 1 aliphatic rings. The number of carbonyl (C=O) groups excluding carboxylic acids is 11. The van der Waals surface area contributed by atoms with Gasteiger partial charge in [-0.2, -0.15) is 11.8 Å². The van der Waals surface area contributed by atoms with E-state index >= 15 is 0 Å². The topological polar surface area (TPSA) is 353 Å². The van der Waals surface area contributed by atoms with E-state index in [4.69, 9.17) is 17.2 Å². The Morgan fingerprint density at radius 1 is 0.750 bits per heavy atom. The number of rotatable bonds is 21. The SMILES string of the molecule is CC[C@H](C)[C@@H]1NC(=O)[C@H](Cc2ccccc2)NC(=O)CCSCC[C@@H](C(=O)N(CCc2ccccc2)CC(=O)N[C@@H](CC(C)C)C(=O)NCC(N)=O)NN[C@@H](CC(N)=O)C(=O)C(=O)[C@H](CCC(N)=O)NC1=O. The lowest BCUT2D eigenvalue weighted by atomic mass is 9.94. The number of hydrazine groups is 1. The zero-order valence-corrected chi connectivity index (χ0v) is 42.2. The molecule has 0 bridgehead atoms. The maximum absolute atomic E-state index is 14.8. The fourth-order valence-electron chi connectivity index (χ4n) is 7.59. The summed E-state index contributed by atoms with van der Waals surface area (Å²) in [4.78, 5) is 149. The molecule has 0 radical (unpaired) electrons. The average Bonchev–Trinajstić information content (AvgIpc) is 3.33. The molecule has 1 saturated heterocycles. The highest BCUT2D eigenvalue weighted by atomic mass is 32.2. The number of Topliss-reactive ketones (excluding diaryl/α,β-unsaturated/α-hetero) is 2. The second kappa shape index (κ2) is 30.9. The lowest BCUT2D eigenvalue weighted by Crippen LogP contribution is -2.61. The number of hydrogen-bond acceptors (Lipinski definition) is 14. The van der Waals surface area contributed by atoms with Crippen molar-refractivity contribution in [2.75, 3.05) is 31.1 Å². The summed E-state index contributed by atoms with van der Waals surface area (Å²) in [6, 6.07) is 9.69. The molecule has 0 unspecified atom stereocenters. The highest BCUT2D eigenvalue weighted by Gasteiger charge is 2.38. The van der Waals surface area contributed by atoms with Crippen LogP contribution in [0.1, 0.15) is 83.8 Å². The zero-order valence-electron chi connectivity index (χ0n) is 41.4. The highest BCUT2D eigenvalue weighted by Crippen LogP contribution is 2.15. The minimum atomic E-state index is -1.74. The van der Waals surface area contributed by atoms with Crippen molar-refractivity contribution in [3.05, 3.63) is 71.8 Å². The average molecular weight is 1020 g/mol. The van der Waals surface area contributed by atoms with E-state index in [2.05, 4.69) is 37.4 Å². The second-order valence-electron chi connectivity index (χ2n) is 18.1. The quantitative estimate of drug-likeness (QED) is 0.0642. The van der Waals surface area contributed by atoms with Crippen molar-refractivity contribution in [3.8, 4) is 0 Å². The van der Waals surface area contributed by atoms with E-state index in [1.165, 1.54) is 16.7 Å². The van der Waals surface area contributed by atoms with Gasteiger partial charge in [0.1, 0.15) is 24.2 Å². The molecule has 9 amide bonds. The number of nitrogens with one attached hydrogen (secondary N) is 7. The van der Waals surface area contributed by atoms with Crippen LogP contribution in [-0.2, 0) is 65.6 Å². The maximum atomic E-state index is 14.8. The van der Waals surface area contributed by atoms with Crippen LogP contribution in [0, 0.1) is 11.8 Å². The Morgan fingerprint density at radius 3 is 1.99 bits per heavy atom. The molecule has 1 heterocycles. The monoisotopic (exact) mass is 1020 g/mol. The van der Waals surface area contributed by atoms with Crippen molar-refractivity contribution in [1.29, 1.82) is 0 Å². The van der Waals surface area contributed by atoms with E-state index < -0.39 is 139 Å². The summed E-state index contributed by atoms with van der Waals surface area (Å²) in [5.74, 6) is -9.51. The van der Waals surface area contributed by atoms with Gasteiger partial charge in [-0.1, -0.05) is 94.8 Å². The molecule has 72 heavy (non-hydrogen) atoms. The molecule has 3 rings (SSSR count). The largest absolute Gasteiger partial charge is 0.370 e. The first-order chi connectivity index (χ1) is 34.2. The molecule has 23 heteroatoms. The molecule has 13 N–H and O–H groups in total. The van der Waals surface area contributed by atoms with E-state index in [1.54, 1.807) is 56.3 Å². The van der Waals surface area contributed by atoms with Crippen LogP contribution in [0.25, 0.3) is 0 Å². The molecule has 0 saturated carbocycles. The van der Waals surface area contributed by atoms with Crippen LogP contribution in [0.3, 0.4) is 0 Å². The molecule has 0 aromatic heterocycles. The van der Waals surface area contributed by atoms with Crippen molar-refractivity contribution in [2.45, 2.75) is 122 Å². The van der Waals surface area contributed by atoms with Gasteiger partial charge in [-0.3, -0.25) is 52.7 Å². The van der Waals surface area contributed by atoms with Crippen molar-refractivity contribution in [1.82, 2.24) is 42.3 Å². The van der Waals surface area contributed by atoms with Crippen LogP contribution in [-0.4, -0.2) is 137 Å². The number of thioether (sulfide) groups is 1. The summed E-state index contributed by atoms with van der Waals surface area (Å²) < 4.78 is 0. The van der Waals surface area contributed by atoms with Gasteiger partial charge in [-0.15, -0.1) is 0 Å². The molecule has 1 fully saturated rings. The Labute approximate surface area is 423 Å². The van der Waals surface area contributed by atoms with Gasteiger partial charge < -0.3 is 48.7 Å². The maximum Gasteiger partial charge on any atom is 0.243 e. The lowest BCUT2D eigenvalue weighted by Gasteiger charge is -2.30. The predicted molar refractivity (Wildman–Crippen MR) is 268 cm³/mol. The van der Waals surface area contributed by atoms with Gasteiger partial charge in [0.2, 0.25) is 64.7 Å². The summed E-state index contributed by atoms with van der Waals surface area (Å²) in [5.41, 5.74) is 23.2. The first-order valence-electron chi connectivity index (χ1n) is 24.0. The number of nitrogens with zero attached hydrogens (tertiary/aromatic N) is 1. The zero-order chi connectivity index (χ0) is 53.3. The van der Waals surface area contributed by atoms with Gasteiger partial charge in [-0.05, 0) is 54.4 Å². The van der Waals surface area contributed by atoms with E-state index in [0.717, 1.165) is 5.56 Å². The Kier molecular flexibility index (Phi) is 25.6. The first-order valence-corrected chi connectivity index (χ1v) is 25.2. The lowest BCUT2D eigenvalue weighted by molar-refractivity contribution is -0.142. The van der Waals surface area contributed by atoms with Crippen molar-refractivity contribution < 1.29 is 52.7 Å². The van der Waals surface area contributed by atoms with Gasteiger partial charge in [0, 0.05) is 31.6 Å². The fraction of sp³-hybridized carbons (Fsp3) is 0.531. The van der Waals surface area contributed by atoms with Crippen LogP contribution >= 0.6 is 11.8 Å². The smallest absolute Gasteiger partial charge is 0.243 e. The van der Waals surface area contributed by atoms with Crippen LogP contribution in [0.15, 0.2) is 60.7 Å². The Balaban J connectivity index is 2.08. The molecule has 22 nitrogen and oxygen atoms in total. The Hall–Kier alpha value is -6.72. The summed E-state index contributed by atoms with van der Waals surface area (Å²) in [7, 11) is 0. The molecule has 0 aliphatic carbocycles. The summed E-state index contributed by atoms with van der Waals surface area (Å²) in [6.45, 7) is 6.05. The van der Waals surface area contributed by atoms with Gasteiger partial charge in [0.25, 0.3) is 0 Å². The third kappa shape index (κ3) is 21.3. The fourth-order valence-corrected chi connectivity index (χ4v) is 8.53.